The fourth-order valence-electron chi connectivity index (χ4n) is 1.58. The zero-order valence-electron chi connectivity index (χ0n) is 9.92. The standard InChI is InChI=1S/C12H10F3NO4/c13-12(14,15)7-2-1-6(5-16)8(3-7)11(20)9(17)4-10(18)19/h1-3,9,11,17,20H,4H2,(H,18,19). The summed E-state index contributed by atoms with van der Waals surface area (Å²) in [5, 5.41) is 36.4. The Balaban J connectivity index is 3.21. The van der Waals surface area contributed by atoms with Gasteiger partial charge in [-0.25, -0.2) is 0 Å². The monoisotopic (exact) mass is 289 g/mol. The molecule has 0 amide bonds. The van der Waals surface area contributed by atoms with E-state index in [2.05, 4.69) is 0 Å². The Morgan fingerprint density at radius 1 is 1.35 bits per heavy atom. The van der Waals surface area contributed by atoms with Gasteiger partial charge >= 0.3 is 12.1 Å². The summed E-state index contributed by atoms with van der Waals surface area (Å²) in [6.45, 7) is 0. The van der Waals surface area contributed by atoms with Gasteiger partial charge in [-0.15, -0.1) is 0 Å². The van der Waals surface area contributed by atoms with Crippen LogP contribution in [0.4, 0.5) is 13.2 Å². The highest BCUT2D eigenvalue weighted by Gasteiger charge is 2.33. The molecule has 0 aliphatic heterocycles. The van der Waals surface area contributed by atoms with Crippen LogP contribution in [0.3, 0.4) is 0 Å². The van der Waals surface area contributed by atoms with E-state index in [0.717, 1.165) is 6.07 Å². The molecule has 0 spiro atoms. The lowest BCUT2D eigenvalue weighted by Crippen LogP contribution is -2.23. The molecule has 8 heteroatoms. The zero-order valence-corrected chi connectivity index (χ0v) is 9.92. The number of aliphatic hydroxyl groups excluding tert-OH is 2. The first-order valence-corrected chi connectivity index (χ1v) is 5.36. The maximum absolute atomic E-state index is 12.6. The average molecular weight is 289 g/mol. The number of hydrogen-bond donors (Lipinski definition) is 3. The summed E-state index contributed by atoms with van der Waals surface area (Å²) in [5.74, 6) is -1.43. The molecule has 1 rings (SSSR count). The van der Waals surface area contributed by atoms with Crippen molar-refractivity contribution in [2.45, 2.75) is 24.8 Å². The normalized spacial score (nSPS) is 14.4. The second-order valence-corrected chi connectivity index (χ2v) is 4.02. The number of rotatable bonds is 4. The van der Waals surface area contributed by atoms with E-state index in [1.165, 1.54) is 0 Å². The summed E-state index contributed by atoms with van der Waals surface area (Å²) in [5.41, 5.74) is -1.83. The highest BCUT2D eigenvalue weighted by Crippen LogP contribution is 2.33. The molecule has 5 nitrogen and oxygen atoms in total. The Morgan fingerprint density at radius 2 is 1.95 bits per heavy atom. The third-order valence-electron chi connectivity index (χ3n) is 2.57. The smallest absolute Gasteiger partial charge is 0.416 e. The highest BCUT2D eigenvalue weighted by molar-refractivity contribution is 5.67. The minimum atomic E-state index is -4.68. The quantitative estimate of drug-likeness (QED) is 0.778. The molecule has 0 aliphatic rings. The van der Waals surface area contributed by atoms with E-state index in [1.54, 1.807) is 6.07 Å². The third-order valence-corrected chi connectivity index (χ3v) is 2.57. The first-order chi connectivity index (χ1) is 9.16. The van der Waals surface area contributed by atoms with Crippen LogP contribution in [0.2, 0.25) is 0 Å². The predicted molar refractivity (Wildman–Crippen MR) is 59.4 cm³/mol. The molecule has 2 atom stereocenters. The van der Waals surface area contributed by atoms with Crippen molar-refractivity contribution in [3.63, 3.8) is 0 Å². The first-order valence-electron chi connectivity index (χ1n) is 5.36. The van der Waals surface area contributed by atoms with Gasteiger partial charge in [-0.3, -0.25) is 4.79 Å². The zero-order chi connectivity index (χ0) is 15.5. The minimum Gasteiger partial charge on any atom is -0.481 e. The summed E-state index contributed by atoms with van der Waals surface area (Å²) in [6, 6.07) is 3.62. The van der Waals surface area contributed by atoms with Crippen molar-refractivity contribution in [3.05, 3.63) is 34.9 Å². The van der Waals surface area contributed by atoms with Crippen LogP contribution in [0, 0.1) is 11.3 Å². The molecule has 3 N–H and O–H groups in total. The van der Waals surface area contributed by atoms with E-state index in [4.69, 9.17) is 10.4 Å². The van der Waals surface area contributed by atoms with Gasteiger partial charge in [0.15, 0.2) is 0 Å². The molecule has 0 saturated heterocycles. The molecule has 20 heavy (non-hydrogen) atoms. The summed E-state index contributed by atoms with van der Waals surface area (Å²) in [6.07, 6.45) is -9.26. The summed E-state index contributed by atoms with van der Waals surface area (Å²) >= 11 is 0. The van der Waals surface area contributed by atoms with E-state index in [-0.39, 0.29) is 5.56 Å². The van der Waals surface area contributed by atoms with Crippen molar-refractivity contribution in [3.8, 4) is 6.07 Å². The molecular weight excluding hydrogens is 279 g/mol. The molecule has 0 fully saturated rings. The summed E-state index contributed by atoms with van der Waals surface area (Å²) in [7, 11) is 0. The van der Waals surface area contributed by atoms with Gasteiger partial charge in [0, 0.05) is 5.56 Å². The minimum absolute atomic E-state index is 0.269. The van der Waals surface area contributed by atoms with Crippen molar-refractivity contribution in [1.29, 1.82) is 5.26 Å². The van der Waals surface area contributed by atoms with Gasteiger partial charge in [-0.2, -0.15) is 18.4 Å². The second kappa shape index (κ2) is 5.90. The van der Waals surface area contributed by atoms with Gasteiger partial charge in [0.1, 0.15) is 6.10 Å². The number of halogens is 3. The van der Waals surface area contributed by atoms with Crippen LogP contribution in [-0.4, -0.2) is 27.4 Å². The number of carboxylic acids is 1. The molecule has 0 heterocycles. The SMILES string of the molecule is N#Cc1ccc(C(F)(F)F)cc1C(O)C(O)CC(=O)O. The van der Waals surface area contributed by atoms with Crippen LogP contribution >= 0.6 is 0 Å². The fraction of sp³-hybridized carbons (Fsp3) is 0.333. The van der Waals surface area contributed by atoms with Crippen LogP contribution in [0.5, 0.6) is 0 Å². The van der Waals surface area contributed by atoms with Crippen LogP contribution in [0.15, 0.2) is 18.2 Å². The Labute approximate surface area is 111 Å². The first kappa shape index (κ1) is 15.9. The van der Waals surface area contributed by atoms with E-state index in [0.29, 0.717) is 12.1 Å². The molecule has 1 aromatic carbocycles. The Bertz CT molecular complexity index is 551. The summed E-state index contributed by atoms with van der Waals surface area (Å²) in [4.78, 5) is 10.4. The Kier molecular flexibility index (Phi) is 4.70. The number of aliphatic carboxylic acids is 1. The Hall–Kier alpha value is -2.11. The second-order valence-electron chi connectivity index (χ2n) is 4.02. The largest absolute Gasteiger partial charge is 0.481 e. The van der Waals surface area contributed by atoms with Crippen LogP contribution in [0.25, 0.3) is 0 Å². The van der Waals surface area contributed by atoms with E-state index >= 15 is 0 Å². The van der Waals surface area contributed by atoms with Crippen LogP contribution < -0.4 is 0 Å². The highest BCUT2D eigenvalue weighted by atomic mass is 19.4. The van der Waals surface area contributed by atoms with Gasteiger partial charge in [0.25, 0.3) is 0 Å². The summed E-state index contributed by atoms with van der Waals surface area (Å²) < 4.78 is 37.7. The number of nitriles is 1. The molecule has 1 aromatic rings. The topological polar surface area (TPSA) is 102 Å². The lowest BCUT2D eigenvalue weighted by molar-refractivity contribution is -0.141. The van der Waals surface area contributed by atoms with Gasteiger partial charge in [-0.1, -0.05) is 0 Å². The number of benzene rings is 1. The predicted octanol–water partition coefficient (Wildman–Crippen LogP) is 1.45. The number of hydrogen-bond acceptors (Lipinski definition) is 4. The van der Waals surface area contributed by atoms with Crippen molar-refractivity contribution >= 4 is 5.97 Å². The fourth-order valence-corrected chi connectivity index (χ4v) is 1.58. The molecule has 0 bridgehead atoms. The van der Waals surface area contributed by atoms with E-state index in [1.807, 2.05) is 0 Å². The molecule has 0 aliphatic carbocycles. The van der Waals surface area contributed by atoms with E-state index in [9.17, 15) is 28.2 Å². The maximum atomic E-state index is 12.6. The number of alkyl halides is 3. The molecule has 0 saturated carbocycles. The molecule has 2 unspecified atom stereocenters. The molecule has 0 aromatic heterocycles. The lowest BCUT2D eigenvalue weighted by atomic mass is 9.95. The molecule has 108 valence electrons. The van der Waals surface area contributed by atoms with Gasteiger partial charge < -0.3 is 15.3 Å². The molecule has 0 radical (unpaired) electrons. The third kappa shape index (κ3) is 3.69. The van der Waals surface area contributed by atoms with E-state index < -0.39 is 41.9 Å². The van der Waals surface area contributed by atoms with Crippen LogP contribution in [0.1, 0.15) is 29.2 Å². The maximum Gasteiger partial charge on any atom is 0.416 e. The lowest BCUT2D eigenvalue weighted by Gasteiger charge is -2.19. The van der Waals surface area contributed by atoms with Crippen molar-refractivity contribution in [2.24, 2.45) is 0 Å². The van der Waals surface area contributed by atoms with Gasteiger partial charge in [-0.05, 0) is 18.2 Å². The van der Waals surface area contributed by atoms with Gasteiger partial charge in [0.2, 0.25) is 0 Å². The number of nitrogens with zero attached hydrogens (tertiary/aromatic N) is 1. The average Bonchev–Trinajstić information content (AvgIpc) is 2.35. The number of carboxylic acid groups (broad SMARTS) is 1. The van der Waals surface area contributed by atoms with Crippen molar-refractivity contribution in [2.75, 3.05) is 0 Å². The van der Waals surface area contributed by atoms with Crippen LogP contribution in [-0.2, 0) is 11.0 Å². The van der Waals surface area contributed by atoms with Crippen molar-refractivity contribution in [1.82, 2.24) is 0 Å². The van der Waals surface area contributed by atoms with Crippen molar-refractivity contribution < 1.29 is 33.3 Å². The number of carbonyl (C=O) groups is 1. The number of aliphatic hydroxyl groups is 2. The molecular formula is C12H10F3NO4. The Morgan fingerprint density at radius 3 is 2.40 bits per heavy atom. The van der Waals surface area contributed by atoms with Gasteiger partial charge in [0.05, 0.1) is 29.7 Å².